The van der Waals surface area contributed by atoms with Gasteiger partial charge in [-0.3, -0.25) is 10.1 Å². The van der Waals surface area contributed by atoms with Gasteiger partial charge in [0.15, 0.2) is 0 Å². The Balaban J connectivity index is -0.0000000944. The van der Waals surface area contributed by atoms with Crippen LogP contribution in [0.4, 0.5) is 4.79 Å². The Labute approximate surface area is 130 Å². The highest BCUT2D eigenvalue weighted by Crippen LogP contribution is 1.92. The molecule has 0 aromatic heterocycles. The van der Waals surface area contributed by atoms with Gasteiger partial charge in [0.1, 0.15) is 6.61 Å². The van der Waals surface area contributed by atoms with Crippen LogP contribution in [0, 0.1) is 0 Å². The molecule has 2 aliphatic rings. The molecule has 0 saturated carbocycles. The van der Waals surface area contributed by atoms with Gasteiger partial charge in [0.25, 0.3) is 0 Å². The van der Waals surface area contributed by atoms with Crippen molar-refractivity contribution >= 4 is 18.2 Å². The standard InChI is InChI=1S/C4H7NO.C3H4N2O2.4C2H6/c1-2-4-6-5-3-1;6-2-1-4-3(7)5-2;4*1-2/h3H,1-2,4H2;1H2,(H2,4,5,6,7);4*1-2H3. The van der Waals surface area contributed by atoms with Crippen LogP contribution in [0.25, 0.3) is 0 Å². The zero-order valence-electron chi connectivity index (χ0n) is 15.1. The van der Waals surface area contributed by atoms with Crippen molar-refractivity contribution in [1.82, 2.24) is 10.6 Å². The second kappa shape index (κ2) is 31.0. The molecule has 0 aromatic rings. The van der Waals surface area contributed by atoms with Crippen LogP contribution >= 0.6 is 0 Å². The lowest BCUT2D eigenvalue weighted by molar-refractivity contribution is -0.117. The van der Waals surface area contributed by atoms with Crippen LogP contribution in [0.1, 0.15) is 68.2 Å². The van der Waals surface area contributed by atoms with E-state index in [0.717, 1.165) is 19.4 Å². The molecule has 6 heteroatoms. The molecule has 1 fully saturated rings. The number of oxime groups is 1. The Morgan fingerprint density at radius 2 is 1.52 bits per heavy atom. The SMILES string of the molecule is C1=NOCCC1.CC.CC.CC.CC.O=C1CNC(=O)N1. The third-order valence-corrected chi connectivity index (χ3v) is 1.38. The summed E-state index contributed by atoms with van der Waals surface area (Å²) in [6.45, 7) is 16.9. The summed E-state index contributed by atoms with van der Waals surface area (Å²) in [6.07, 6.45) is 4.01. The van der Waals surface area contributed by atoms with Gasteiger partial charge in [0, 0.05) is 6.21 Å². The van der Waals surface area contributed by atoms with Crippen molar-refractivity contribution in [2.24, 2.45) is 5.16 Å². The van der Waals surface area contributed by atoms with Crippen LogP contribution in [0.2, 0.25) is 0 Å². The van der Waals surface area contributed by atoms with Crippen molar-refractivity contribution in [3.8, 4) is 0 Å². The third-order valence-electron chi connectivity index (χ3n) is 1.38. The van der Waals surface area contributed by atoms with E-state index in [1.807, 2.05) is 60.7 Å². The van der Waals surface area contributed by atoms with Crippen molar-refractivity contribution < 1.29 is 14.4 Å². The molecular formula is C15H35N3O3. The summed E-state index contributed by atoms with van der Waals surface area (Å²) >= 11 is 0. The summed E-state index contributed by atoms with van der Waals surface area (Å²) in [5, 5.41) is 7.85. The van der Waals surface area contributed by atoms with Crippen LogP contribution in [0.3, 0.4) is 0 Å². The molecule has 0 bridgehead atoms. The van der Waals surface area contributed by atoms with Gasteiger partial charge >= 0.3 is 6.03 Å². The van der Waals surface area contributed by atoms with E-state index in [-0.39, 0.29) is 12.5 Å². The Morgan fingerprint density at radius 1 is 1.00 bits per heavy atom. The van der Waals surface area contributed by atoms with E-state index in [9.17, 15) is 9.59 Å². The Morgan fingerprint density at radius 3 is 1.62 bits per heavy atom. The van der Waals surface area contributed by atoms with Crippen LogP contribution in [-0.2, 0) is 9.63 Å². The van der Waals surface area contributed by atoms with Gasteiger partial charge in [-0.15, -0.1) is 0 Å². The fraction of sp³-hybridized carbons (Fsp3) is 0.800. The first-order chi connectivity index (χ1) is 10.3. The van der Waals surface area contributed by atoms with Gasteiger partial charge in [-0.1, -0.05) is 60.5 Å². The molecular weight excluding hydrogens is 270 g/mol. The minimum atomic E-state index is -0.398. The van der Waals surface area contributed by atoms with Gasteiger partial charge in [-0.05, 0) is 12.8 Å². The maximum atomic E-state index is 10.1. The van der Waals surface area contributed by atoms with Crippen molar-refractivity contribution in [3.05, 3.63) is 0 Å². The summed E-state index contributed by atoms with van der Waals surface area (Å²) in [4.78, 5) is 24.7. The molecule has 128 valence electrons. The minimum Gasteiger partial charge on any atom is -0.396 e. The number of carbonyl (C=O) groups is 2. The normalized spacial score (nSPS) is 13.1. The zero-order valence-corrected chi connectivity index (χ0v) is 15.1. The van der Waals surface area contributed by atoms with Crippen LogP contribution in [0.15, 0.2) is 5.16 Å². The number of nitrogens with one attached hydrogen (secondary N) is 2. The lowest BCUT2D eigenvalue weighted by atomic mass is 10.3. The van der Waals surface area contributed by atoms with Crippen molar-refractivity contribution in [2.75, 3.05) is 13.2 Å². The number of urea groups is 1. The second-order valence-corrected chi connectivity index (χ2v) is 2.49. The largest absolute Gasteiger partial charge is 0.396 e. The number of carbonyl (C=O) groups excluding carboxylic acids is 2. The monoisotopic (exact) mass is 305 g/mol. The van der Waals surface area contributed by atoms with E-state index in [2.05, 4.69) is 15.3 Å². The summed E-state index contributed by atoms with van der Waals surface area (Å²) in [5.41, 5.74) is 0. The number of hydrogen-bond donors (Lipinski definition) is 2. The van der Waals surface area contributed by atoms with Gasteiger partial charge < -0.3 is 10.2 Å². The number of amides is 3. The number of imide groups is 1. The van der Waals surface area contributed by atoms with E-state index in [0.29, 0.717) is 0 Å². The molecule has 2 rings (SSSR count). The van der Waals surface area contributed by atoms with Crippen LogP contribution in [0.5, 0.6) is 0 Å². The second-order valence-electron chi connectivity index (χ2n) is 2.49. The Kier molecular flexibility index (Phi) is 40.9. The average Bonchev–Trinajstić information content (AvgIpc) is 3.00. The molecule has 0 atom stereocenters. The first-order valence-corrected chi connectivity index (χ1v) is 8.00. The van der Waals surface area contributed by atoms with E-state index in [1.165, 1.54) is 0 Å². The molecule has 2 N–H and O–H groups in total. The van der Waals surface area contributed by atoms with E-state index in [1.54, 1.807) is 6.21 Å². The molecule has 0 aromatic carbocycles. The Hall–Kier alpha value is -1.59. The smallest absolute Gasteiger partial charge is 0.321 e. The summed E-state index contributed by atoms with van der Waals surface area (Å²) < 4.78 is 0. The quantitative estimate of drug-likeness (QED) is 0.669. The lowest BCUT2D eigenvalue weighted by Crippen LogP contribution is -2.22. The van der Waals surface area contributed by atoms with Gasteiger partial charge in [-0.2, -0.15) is 0 Å². The van der Waals surface area contributed by atoms with Gasteiger partial charge in [-0.25, -0.2) is 4.79 Å². The van der Waals surface area contributed by atoms with Crippen molar-refractivity contribution in [1.29, 1.82) is 0 Å². The van der Waals surface area contributed by atoms with Crippen LogP contribution < -0.4 is 10.6 Å². The van der Waals surface area contributed by atoms with Gasteiger partial charge in [0.05, 0.1) is 6.54 Å². The van der Waals surface area contributed by atoms with Crippen molar-refractivity contribution in [2.45, 2.75) is 68.2 Å². The fourth-order valence-corrected chi connectivity index (χ4v) is 0.773. The third kappa shape index (κ3) is 27.6. The van der Waals surface area contributed by atoms with Crippen LogP contribution in [-0.4, -0.2) is 31.3 Å². The first kappa shape index (κ1) is 27.7. The first-order valence-electron chi connectivity index (χ1n) is 8.00. The average molecular weight is 305 g/mol. The van der Waals surface area contributed by atoms with E-state index >= 15 is 0 Å². The highest BCUT2D eigenvalue weighted by molar-refractivity contribution is 6.01. The molecule has 21 heavy (non-hydrogen) atoms. The highest BCUT2D eigenvalue weighted by Gasteiger charge is 2.14. The Bertz CT molecular complexity index is 210. The maximum Gasteiger partial charge on any atom is 0.321 e. The predicted molar refractivity (Wildman–Crippen MR) is 90.6 cm³/mol. The summed E-state index contributed by atoms with van der Waals surface area (Å²) in [5.74, 6) is -0.259. The molecule has 0 unspecified atom stereocenters. The number of nitrogens with zero attached hydrogens (tertiary/aromatic N) is 1. The molecule has 2 aliphatic heterocycles. The van der Waals surface area contributed by atoms with Crippen molar-refractivity contribution in [3.63, 3.8) is 0 Å². The zero-order chi connectivity index (χ0) is 17.5. The minimum absolute atomic E-state index is 0.124. The maximum absolute atomic E-state index is 10.1. The topological polar surface area (TPSA) is 79.8 Å². The van der Waals surface area contributed by atoms with E-state index < -0.39 is 6.03 Å². The molecule has 1 saturated heterocycles. The highest BCUT2D eigenvalue weighted by atomic mass is 16.6. The molecule has 0 spiro atoms. The predicted octanol–water partition coefficient (Wildman–Crippen LogP) is 3.71. The van der Waals surface area contributed by atoms with Gasteiger partial charge in [0.2, 0.25) is 5.91 Å². The fourth-order valence-electron chi connectivity index (χ4n) is 0.773. The molecule has 2 heterocycles. The van der Waals surface area contributed by atoms with E-state index in [4.69, 9.17) is 0 Å². The summed E-state index contributed by atoms with van der Waals surface area (Å²) in [7, 11) is 0. The molecule has 3 amide bonds. The number of rotatable bonds is 0. The summed E-state index contributed by atoms with van der Waals surface area (Å²) in [6, 6.07) is -0.398. The molecule has 0 radical (unpaired) electrons. The molecule has 6 nitrogen and oxygen atoms in total. The number of hydrogen-bond acceptors (Lipinski definition) is 4. The molecule has 0 aliphatic carbocycles. The lowest BCUT2D eigenvalue weighted by Gasteiger charge is -1.99.